The van der Waals surface area contributed by atoms with E-state index in [1.165, 1.54) is 0 Å². The molecule has 3 saturated heterocycles. The molecule has 0 aromatic heterocycles. The van der Waals surface area contributed by atoms with Crippen molar-refractivity contribution in [1.82, 2.24) is 4.90 Å². The summed E-state index contributed by atoms with van der Waals surface area (Å²) >= 11 is 10.3. The van der Waals surface area contributed by atoms with Crippen LogP contribution in [0.2, 0.25) is 5.02 Å². The standard InChI is InChI=1S/C35H41BrClN3O6/c1-4-18-38(23-14-16-24(17-15-23)45-6-3)32(42)28-29-33(43)40(20-10-7-11-21-41)31(35(29)22-25(36)30(28)46-35)34(44)39(19-5-2)27-13-9-8-12-26(27)37/h4-5,8-9,12-17,25,28-31,41H,1-2,6-7,10-11,18-22H2,3H3/t25?,28-,29-,30-,31?,35?/m0/s1. The van der Waals surface area contributed by atoms with Crippen LogP contribution in [0.5, 0.6) is 5.75 Å². The zero-order valence-corrected chi connectivity index (χ0v) is 28.4. The molecular formula is C35H41BrClN3O6. The molecular weight excluding hydrogens is 674 g/mol. The fourth-order valence-electron chi connectivity index (χ4n) is 7.28. The molecule has 3 fully saturated rings. The molecule has 3 amide bonds. The van der Waals surface area contributed by atoms with E-state index in [9.17, 15) is 19.5 Å². The predicted molar refractivity (Wildman–Crippen MR) is 183 cm³/mol. The molecule has 0 saturated carbocycles. The summed E-state index contributed by atoms with van der Waals surface area (Å²) in [6, 6.07) is 13.3. The normalized spacial score (nSPS) is 26.1. The number of alkyl halides is 1. The number of nitrogens with zero attached hydrogens (tertiary/aromatic N) is 3. The second-order valence-electron chi connectivity index (χ2n) is 11.8. The number of rotatable bonds is 15. The Bertz CT molecular complexity index is 1460. The second-order valence-corrected chi connectivity index (χ2v) is 13.4. The number of aliphatic hydroxyl groups excluding tert-OH is 1. The average molecular weight is 715 g/mol. The molecule has 3 heterocycles. The van der Waals surface area contributed by atoms with Crippen molar-refractivity contribution in [3.63, 3.8) is 0 Å². The topological polar surface area (TPSA) is 99.6 Å². The average Bonchev–Trinajstić information content (AvgIpc) is 3.64. The van der Waals surface area contributed by atoms with Gasteiger partial charge >= 0.3 is 0 Å². The van der Waals surface area contributed by atoms with Gasteiger partial charge in [-0.3, -0.25) is 14.4 Å². The number of unbranched alkanes of at least 4 members (excludes halogenated alkanes) is 2. The number of carbonyl (C=O) groups excluding carboxylic acids is 3. The van der Waals surface area contributed by atoms with E-state index >= 15 is 0 Å². The summed E-state index contributed by atoms with van der Waals surface area (Å²) in [7, 11) is 0. The van der Waals surface area contributed by atoms with E-state index in [1.54, 1.807) is 63.2 Å². The summed E-state index contributed by atoms with van der Waals surface area (Å²) in [5.41, 5.74) is -0.0835. The van der Waals surface area contributed by atoms with E-state index in [4.69, 9.17) is 21.1 Å². The highest BCUT2D eigenvalue weighted by Gasteiger charge is 2.77. The molecule has 3 aliphatic heterocycles. The zero-order valence-electron chi connectivity index (χ0n) is 26.0. The summed E-state index contributed by atoms with van der Waals surface area (Å²) in [5, 5.41) is 9.75. The monoisotopic (exact) mass is 713 g/mol. The molecule has 46 heavy (non-hydrogen) atoms. The van der Waals surface area contributed by atoms with E-state index in [2.05, 4.69) is 29.1 Å². The maximum atomic E-state index is 14.8. The van der Waals surface area contributed by atoms with Gasteiger partial charge in [0.2, 0.25) is 11.8 Å². The summed E-state index contributed by atoms with van der Waals surface area (Å²) in [4.78, 5) is 48.4. The highest BCUT2D eigenvalue weighted by molar-refractivity contribution is 9.09. The number of fused-ring (bicyclic) bond motifs is 1. The van der Waals surface area contributed by atoms with E-state index in [1.807, 2.05) is 19.1 Å². The van der Waals surface area contributed by atoms with Gasteiger partial charge in [0.05, 0.1) is 35.3 Å². The van der Waals surface area contributed by atoms with Crippen LogP contribution in [-0.2, 0) is 19.1 Å². The van der Waals surface area contributed by atoms with Crippen LogP contribution in [0.4, 0.5) is 11.4 Å². The lowest BCUT2D eigenvalue weighted by atomic mass is 9.70. The fraction of sp³-hybridized carbons (Fsp3) is 0.457. The Morgan fingerprint density at radius 1 is 1.09 bits per heavy atom. The number of anilines is 2. The molecule has 0 radical (unpaired) electrons. The maximum Gasteiger partial charge on any atom is 0.253 e. The number of ether oxygens (including phenoxy) is 2. The third-order valence-electron chi connectivity index (χ3n) is 9.12. The smallest absolute Gasteiger partial charge is 0.253 e. The minimum absolute atomic E-state index is 0.0415. The van der Waals surface area contributed by atoms with Crippen LogP contribution in [0.25, 0.3) is 0 Å². The van der Waals surface area contributed by atoms with Crippen LogP contribution in [0.1, 0.15) is 32.6 Å². The highest BCUT2D eigenvalue weighted by atomic mass is 79.9. The van der Waals surface area contributed by atoms with Crippen molar-refractivity contribution in [3.05, 3.63) is 78.9 Å². The molecule has 6 atom stereocenters. The molecule has 3 unspecified atom stereocenters. The first-order chi connectivity index (χ1) is 22.2. The Morgan fingerprint density at radius 3 is 2.43 bits per heavy atom. The quantitative estimate of drug-likeness (QED) is 0.151. The predicted octanol–water partition coefficient (Wildman–Crippen LogP) is 5.39. The molecule has 3 aliphatic rings. The summed E-state index contributed by atoms with van der Waals surface area (Å²) in [5.74, 6) is -1.88. The van der Waals surface area contributed by atoms with Crippen LogP contribution < -0.4 is 14.5 Å². The first-order valence-corrected chi connectivity index (χ1v) is 17.1. The molecule has 9 nitrogen and oxygen atoms in total. The Balaban J connectivity index is 1.55. The maximum absolute atomic E-state index is 14.8. The number of aliphatic hydroxyl groups is 1. The molecule has 1 spiro atoms. The lowest BCUT2D eigenvalue weighted by molar-refractivity contribution is -0.140. The largest absolute Gasteiger partial charge is 0.494 e. The van der Waals surface area contributed by atoms with Gasteiger partial charge in [-0.1, -0.05) is 51.8 Å². The van der Waals surface area contributed by atoms with Crippen molar-refractivity contribution in [2.24, 2.45) is 11.8 Å². The third-order valence-corrected chi connectivity index (χ3v) is 10.3. The lowest BCUT2D eigenvalue weighted by Crippen LogP contribution is -2.57. The third kappa shape index (κ3) is 6.12. The van der Waals surface area contributed by atoms with E-state index in [-0.39, 0.29) is 48.8 Å². The van der Waals surface area contributed by atoms with E-state index < -0.39 is 29.6 Å². The number of benzene rings is 2. The van der Waals surface area contributed by atoms with Crippen molar-refractivity contribution < 1.29 is 29.0 Å². The second kappa shape index (κ2) is 14.7. The molecule has 1 N–H and O–H groups in total. The Morgan fingerprint density at radius 2 is 1.78 bits per heavy atom. The fourth-order valence-corrected chi connectivity index (χ4v) is 8.46. The van der Waals surface area contributed by atoms with Gasteiger partial charge in [0.25, 0.3) is 5.91 Å². The molecule has 2 bridgehead atoms. The lowest BCUT2D eigenvalue weighted by Gasteiger charge is -2.37. The van der Waals surface area contributed by atoms with Gasteiger partial charge < -0.3 is 29.3 Å². The SMILES string of the molecule is C=CCN(C(=O)[C@H]1[C@H]2C(=O)N(CCCCCO)C(C(=O)N(CC=C)c3ccccc3Cl)C23CC(Br)[C@@H]1O3)c1ccc(OCC)cc1. The van der Waals surface area contributed by atoms with Crippen molar-refractivity contribution in [2.75, 3.05) is 42.6 Å². The number of amides is 3. The minimum Gasteiger partial charge on any atom is -0.494 e. The molecule has 11 heteroatoms. The van der Waals surface area contributed by atoms with Gasteiger partial charge in [0, 0.05) is 36.8 Å². The number of carbonyl (C=O) groups is 3. The van der Waals surface area contributed by atoms with Crippen LogP contribution in [-0.4, -0.2) is 83.2 Å². The van der Waals surface area contributed by atoms with Crippen LogP contribution in [0.3, 0.4) is 0 Å². The van der Waals surface area contributed by atoms with Gasteiger partial charge in [-0.25, -0.2) is 0 Å². The van der Waals surface area contributed by atoms with Gasteiger partial charge in [-0.2, -0.15) is 0 Å². The molecule has 2 aromatic rings. The first-order valence-electron chi connectivity index (χ1n) is 15.8. The molecule has 0 aliphatic carbocycles. The van der Waals surface area contributed by atoms with Gasteiger partial charge in [0.15, 0.2) is 0 Å². The number of hydrogen-bond acceptors (Lipinski definition) is 6. The van der Waals surface area contributed by atoms with Crippen LogP contribution >= 0.6 is 27.5 Å². The van der Waals surface area contributed by atoms with Crippen molar-refractivity contribution in [1.29, 1.82) is 0 Å². The number of halogens is 2. The van der Waals surface area contributed by atoms with E-state index in [0.717, 1.165) is 0 Å². The number of para-hydroxylation sites is 1. The Labute approximate surface area is 283 Å². The van der Waals surface area contributed by atoms with Gasteiger partial charge in [-0.15, -0.1) is 13.2 Å². The van der Waals surface area contributed by atoms with Crippen LogP contribution in [0.15, 0.2) is 73.8 Å². The molecule has 5 rings (SSSR count). The molecule has 2 aromatic carbocycles. The van der Waals surface area contributed by atoms with Crippen LogP contribution in [0, 0.1) is 11.8 Å². The summed E-state index contributed by atoms with van der Waals surface area (Å²) in [6.45, 7) is 10.9. The van der Waals surface area contributed by atoms with Crippen molar-refractivity contribution in [3.8, 4) is 5.75 Å². The first kappa shape index (κ1) is 34.2. The Hall–Kier alpha value is -3.18. The number of hydrogen-bond donors (Lipinski definition) is 1. The zero-order chi connectivity index (χ0) is 33.0. The number of likely N-dealkylation sites (tertiary alicyclic amines) is 1. The summed E-state index contributed by atoms with van der Waals surface area (Å²) in [6.07, 6.45) is 4.89. The summed E-state index contributed by atoms with van der Waals surface area (Å²) < 4.78 is 12.3. The van der Waals surface area contributed by atoms with Crippen molar-refractivity contribution in [2.45, 2.75) is 55.2 Å². The van der Waals surface area contributed by atoms with Gasteiger partial charge in [0.1, 0.15) is 17.4 Å². The van der Waals surface area contributed by atoms with E-state index in [0.29, 0.717) is 54.4 Å². The Kier molecular flexibility index (Phi) is 10.9. The minimum atomic E-state index is -1.23. The van der Waals surface area contributed by atoms with Crippen molar-refractivity contribution >= 4 is 56.6 Å². The van der Waals surface area contributed by atoms with Gasteiger partial charge in [-0.05, 0) is 69.0 Å². The highest BCUT2D eigenvalue weighted by Crippen LogP contribution is 2.60. The molecule has 246 valence electrons.